The van der Waals surface area contributed by atoms with Crippen LogP contribution in [0.5, 0.6) is 5.88 Å². The maximum absolute atomic E-state index is 13.8. The van der Waals surface area contributed by atoms with Gasteiger partial charge >= 0.3 is 0 Å². The Balaban J connectivity index is 1.59. The minimum Gasteiger partial charge on any atom is -0.481 e. The van der Waals surface area contributed by atoms with Crippen LogP contribution in [0.25, 0.3) is 5.69 Å². The standard InChI is InChI=1S/C24H29N5O2/c1-17-9-11-22(29-25-13-14-26-29)20(16-17)24(30)28-15-5-6-18(2)21(28)12-10-19-7-4-8-23(27-19)31-3/h4,7-9,11,13-14,16,18,21H,5-6,10,12,15H2,1-3H3/t18-,21-/m1/s1. The monoisotopic (exact) mass is 419 g/mol. The van der Waals surface area contributed by atoms with Crippen molar-refractivity contribution in [2.75, 3.05) is 13.7 Å². The van der Waals surface area contributed by atoms with Gasteiger partial charge in [0.2, 0.25) is 5.88 Å². The fourth-order valence-electron chi connectivity index (χ4n) is 4.44. The molecular formula is C24H29N5O2. The van der Waals surface area contributed by atoms with Gasteiger partial charge in [0, 0.05) is 24.3 Å². The summed E-state index contributed by atoms with van der Waals surface area (Å²) in [7, 11) is 1.63. The van der Waals surface area contributed by atoms with Gasteiger partial charge < -0.3 is 9.64 Å². The Bertz CT molecular complexity index is 1030. The van der Waals surface area contributed by atoms with Crippen molar-refractivity contribution in [3.05, 3.63) is 65.6 Å². The number of methoxy groups -OCH3 is 1. The lowest BCUT2D eigenvalue weighted by Gasteiger charge is -2.40. The highest BCUT2D eigenvalue weighted by Crippen LogP contribution is 2.29. The average Bonchev–Trinajstić information content (AvgIpc) is 3.32. The molecule has 31 heavy (non-hydrogen) atoms. The molecule has 0 N–H and O–H groups in total. The molecule has 1 saturated heterocycles. The van der Waals surface area contributed by atoms with E-state index >= 15 is 0 Å². The Morgan fingerprint density at radius 2 is 2.00 bits per heavy atom. The summed E-state index contributed by atoms with van der Waals surface area (Å²) in [5.41, 5.74) is 3.39. The molecule has 0 radical (unpaired) electrons. The van der Waals surface area contributed by atoms with Crippen LogP contribution in [0.4, 0.5) is 0 Å². The number of nitrogens with zero attached hydrogens (tertiary/aromatic N) is 5. The molecule has 3 aromatic rings. The molecule has 1 amide bonds. The van der Waals surface area contributed by atoms with Gasteiger partial charge in [0.15, 0.2) is 0 Å². The van der Waals surface area contributed by atoms with E-state index < -0.39 is 0 Å². The minimum absolute atomic E-state index is 0.0474. The van der Waals surface area contributed by atoms with Gasteiger partial charge in [0.1, 0.15) is 0 Å². The molecule has 0 bridgehead atoms. The van der Waals surface area contributed by atoms with E-state index in [-0.39, 0.29) is 11.9 Å². The van der Waals surface area contributed by atoms with E-state index in [1.165, 1.54) is 4.80 Å². The second-order valence-corrected chi connectivity index (χ2v) is 8.23. The summed E-state index contributed by atoms with van der Waals surface area (Å²) in [6.07, 6.45) is 7.07. The quantitative estimate of drug-likeness (QED) is 0.607. The molecule has 1 fully saturated rings. The van der Waals surface area contributed by atoms with Gasteiger partial charge in [0.25, 0.3) is 5.91 Å². The zero-order valence-corrected chi connectivity index (χ0v) is 18.4. The third kappa shape index (κ3) is 4.60. The first kappa shape index (κ1) is 21.0. The SMILES string of the molecule is COc1cccc(CC[C@@H]2[C@H](C)CCCN2C(=O)c2cc(C)ccc2-n2nccn2)n1. The van der Waals surface area contributed by atoms with E-state index in [9.17, 15) is 4.79 Å². The lowest BCUT2D eigenvalue weighted by Crippen LogP contribution is -2.48. The van der Waals surface area contributed by atoms with Crippen LogP contribution in [-0.4, -0.2) is 50.5 Å². The highest BCUT2D eigenvalue weighted by molar-refractivity contribution is 5.98. The zero-order chi connectivity index (χ0) is 21.8. The fourth-order valence-corrected chi connectivity index (χ4v) is 4.44. The number of hydrogen-bond donors (Lipinski definition) is 0. The predicted molar refractivity (Wildman–Crippen MR) is 118 cm³/mol. The fraction of sp³-hybridized carbons (Fsp3) is 0.417. The number of carbonyl (C=O) groups is 1. The third-order valence-electron chi connectivity index (χ3n) is 6.08. The van der Waals surface area contributed by atoms with Gasteiger partial charge in [-0.05, 0) is 56.7 Å². The Morgan fingerprint density at radius 1 is 1.19 bits per heavy atom. The molecule has 4 rings (SSSR count). The zero-order valence-electron chi connectivity index (χ0n) is 18.4. The maximum atomic E-state index is 13.8. The van der Waals surface area contributed by atoms with E-state index in [0.29, 0.717) is 23.0 Å². The number of aryl methyl sites for hydroxylation is 2. The molecule has 0 saturated carbocycles. The molecule has 0 spiro atoms. The van der Waals surface area contributed by atoms with Gasteiger partial charge in [-0.3, -0.25) is 4.79 Å². The smallest absolute Gasteiger partial charge is 0.256 e. The number of pyridine rings is 1. The van der Waals surface area contributed by atoms with E-state index in [0.717, 1.165) is 43.5 Å². The molecule has 0 aliphatic carbocycles. The van der Waals surface area contributed by atoms with Crippen molar-refractivity contribution in [1.82, 2.24) is 24.9 Å². The summed E-state index contributed by atoms with van der Waals surface area (Å²) in [5.74, 6) is 1.10. The first-order valence-electron chi connectivity index (χ1n) is 10.8. The van der Waals surface area contributed by atoms with Crippen LogP contribution in [0.2, 0.25) is 0 Å². The van der Waals surface area contributed by atoms with E-state index in [2.05, 4.69) is 27.0 Å². The average molecular weight is 420 g/mol. The molecule has 1 aliphatic heterocycles. The Kier molecular flexibility index (Phi) is 6.30. The van der Waals surface area contributed by atoms with Crippen molar-refractivity contribution in [1.29, 1.82) is 0 Å². The molecular weight excluding hydrogens is 390 g/mol. The van der Waals surface area contributed by atoms with Crippen molar-refractivity contribution in [2.45, 2.75) is 45.6 Å². The molecule has 3 heterocycles. The number of ether oxygens (including phenoxy) is 1. The molecule has 2 atom stereocenters. The second-order valence-electron chi connectivity index (χ2n) is 8.23. The van der Waals surface area contributed by atoms with Crippen molar-refractivity contribution in [3.8, 4) is 11.6 Å². The molecule has 1 aliphatic rings. The number of rotatable bonds is 6. The van der Waals surface area contributed by atoms with Crippen molar-refractivity contribution < 1.29 is 9.53 Å². The van der Waals surface area contributed by atoms with Crippen molar-refractivity contribution >= 4 is 5.91 Å². The van der Waals surface area contributed by atoms with Crippen LogP contribution in [-0.2, 0) is 6.42 Å². The van der Waals surface area contributed by atoms with Gasteiger partial charge in [-0.2, -0.15) is 15.0 Å². The lowest BCUT2D eigenvalue weighted by molar-refractivity contribution is 0.0498. The molecule has 7 heteroatoms. The summed E-state index contributed by atoms with van der Waals surface area (Å²) in [5, 5.41) is 8.49. The molecule has 0 unspecified atom stereocenters. The Labute approximate surface area is 183 Å². The summed E-state index contributed by atoms with van der Waals surface area (Å²) >= 11 is 0. The van der Waals surface area contributed by atoms with Crippen molar-refractivity contribution in [2.24, 2.45) is 5.92 Å². The van der Waals surface area contributed by atoms with Crippen LogP contribution < -0.4 is 4.74 Å². The molecule has 7 nitrogen and oxygen atoms in total. The van der Waals surface area contributed by atoms with E-state index in [4.69, 9.17) is 4.74 Å². The van der Waals surface area contributed by atoms with Crippen LogP contribution >= 0.6 is 0 Å². The number of likely N-dealkylation sites (tertiary alicyclic amines) is 1. The number of amides is 1. The summed E-state index contributed by atoms with van der Waals surface area (Å²) < 4.78 is 5.25. The molecule has 1 aromatic carbocycles. The highest BCUT2D eigenvalue weighted by atomic mass is 16.5. The van der Waals surface area contributed by atoms with Gasteiger partial charge in [0.05, 0.1) is 30.8 Å². The Hall–Kier alpha value is -3.22. The number of carbonyl (C=O) groups excluding carboxylic acids is 1. The van der Waals surface area contributed by atoms with Gasteiger partial charge in [-0.25, -0.2) is 4.98 Å². The minimum atomic E-state index is 0.0474. The topological polar surface area (TPSA) is 73.1 Å². The maximum Gasteiger partial charge on any atom is 0.256 e. The number of benzene rings is 1. The van der Waals surface area contributed by atoms with E-state index in [1.54, 1.807) is 19.5 Å². The number of piperidine rings is 1. The van der Waals surface area contributed by atoms with Gasteiger partial charge in [-0.1, -0.05) is 24.6 Å². The second kappa shape index (κ2) is 9.29. The van der Waals surface area contributed by atoms with Crippen molar-refractivity contribution in [3.63, 3.8) is 0 Å². The first-order chi connectivity index (χ1) is 15.1. The molecule has 2 aromatic heterocycles. The summed E-state index contributed by atoms with van der Waals surface area (Å²) in [4.78, 5) is 21.9. The van der Waals surface area contributed by atoms with Crippen LogP contribution in [0, 0.1) is 12.8 Å². The lowest BCUT2D eigenvalue weighted by atomic mass is 9.86. The predicted octanol–water partition coefficient (Wildman–Crippen LogP) is 3.85. The summed E-state index contributed by atoms with van der Waals surface area (Å²) in [6.45, 7) is 5.01. The van der Waals surface area contributed by atoms with E-state index in [1.807, 2.05) is 43.3 Å². The molecule has 162 valence electrons. The Morgan fingerprint density at radius 3 is 2.77 bits per heavy atom. The first-order valence-corrected chi connectivity index (χ1v) is 10.8. The number of hydrogen-bond acceptors (Lipinski definition) is 5. The van der Waals surface area contributed by atoms with Crippen LogP contribution in [0.1, 0.15) is 47.8 Å². The summed E-state index contributed by atoms with van der Waals surface area (Å²) in [6, 6.07) is 11.8. The highest BCUT2D eigenvalue weighted by Gasteiger charge is 2.33. The third-order valence-corrected chi connectivity index (χ3v) is 6.08. The number of aromatic nitrogens is 4. The van der Waals surface area contributed by atoms with Crippen LogP contribution in [0.3, 0.4) is 0 Å². The van der Waals surface area contributed by atoms with Gasteiger partial charge in [-0.15, -0.1) is 0 Å². The normalized spacial score (nSPS) is 18.7. The van der Waals surface area contributed by atoms with Crippen LogP contribution in [0.15, 0.2) is 48.8 Å². The largest absolute Gasteiger partial charge is 0.481 e.